The number of amides is 1. The van der Waals surface area contributed by atoms with E-state index in [-0.39, 0.29) is 5.91 Å². The Bertz CT molecular complexity index is 580. The molecular weight excluding hydrogens is 298 g/mol. The summed E-state index contributed by atoms with van der Waals surface area (Å²) in [6, 6.07) is 8.06. The summed E-state index contributed by atoms with van der Waals surface area (Å²) >= 11 is 4.24. The molecule has 1 aliphatic rings. The van der Waals surface area contributed by atoms with Crippen LogP contribution in [0.5, 0.6) is 0 Å². The molecule has 118 valence electrons. The van der Waals surface area contributed by atoms with E-state index in [1.165, 1.54) is 10.7 Å². The van der Waals surface area contributed by atoms with Gasteiger partial charge in [-0.15, -0.1) is 12.6 Å². The van der Waals surface area contributed by atoms with Crippen LogP contribution in [-0.4, -0.2) is 41.4 Å². The quantitative estimate of drug-likeness (QED) is 0.643. The zero-order valence-electron chi connectivity index (χ0n) is 13.0. The maximum Gasteiger partial charge on any atom is 0.292 e. The number of hydrogen-bond acceptors (Lipinski definition) is 6. The maximum absolute atomic E-state index is 12.0. The fourth-order valence-electron chi connectivity index (χ4n) is 2.14. The highest BCUT2D eigenvalue weighted by Gasteiger charge is 2.26. The predicted molar refractivity (Wildman–Crippen MR) is 93.5 cm³/mol. The molecule has 1 atom stereocenters. The lowest BCUT2D eigenvalue weighted by Gasteiger charge is -2.26. The van der Waals surface area contributed by atoms with Gasteiger partial charge in [0.05, 0.1) is 6.21 Å². The zero-order chi connectivity index (χ0) is 16.1. The largest absolute Gasteiger partial charge is 0.372 e. The van der Waals surface area contributed by atoms with Crippen molar-refractivity contribution in [3.63, 3.8) is 0 Å². The van der Waals surface area contributed by atoms with E-state index < -0.39 is 5.50 Å². The SMILES string of the molecule is CCN(CC)c1ccc(/C=N/N2C(=O)C(C)=NNC2S)cc1. The average molecular weight is 319 g/mol. The van der Waals surface area contributed by atoms with E-state index in [1.54, 1.807) is 13.1 Å². The summed E-state index contributed by atoms with van der Waals surface area (Å²) in [5.41, 5.74) is 4.63. The van der Waals surface area contributed by atoms with Crippen LogP contribution in [0.1, 0.15) is 26.3 Å². The van der Waals surface area contributed by atoms with Gasteiger partial charge >= 0.3 is 0 Å². The molecule has 0 saturated carbocycles. The first-order valence-electron chi connectivity index (χ1n) is 7.27. The minimum atomic E-state index is -0.553. The van der Waals surface area contributed by atoms with Crippen LogP contribution in [0, 0.1) is 0 Å². The lowest BCUT2D eigenvalue weighted by molar-refractivity contribution is -0.126. The Labute approximate surface area is 136 Å². The second kappa shape index (κ2) is 7.31. The Kier molecular flexibility index (Phi) is 5.43. The van der Waals surface area contributed by atoms with Crippen LogP contribution in [0.3, 0.4) is 0 Å². The topological polar surface area (TPSA) is 60.3 Å². The van der Waals surface area contributed by atoms with Gasteiger partial charge < -0.3 is 4.90 Å². The van der Waals surface area contributed by atoms with Crippen LogP contribution in [0.4, 0.5) is 5.69 Å². The molecule has 2 rings (SSSR count). The summed E-state index contributed by atoms with van der Waals surface area (Å²) in [5.74, 6) is -0.255. The molecule has 0 bridgehead atoms. The molecule has 1 aliphatic heterocycles. The molecule has 1 aromatic carbocycles. The molecule has 0 aromatic heterocycles. The van der Waals surface area contributed by atoms with Gasteiger partial charge in [0.1, 0.15) is 5.71 Å². The lowest BCUT2D eigenvalue weighted by Crippen LogP contribution is -2.47. The summed E-state index contributed by atoms with van der Waals surface area (Å²) in [6.07, 6.45) is 1.65. The Balaban J connectivity index is 2.10. The number of benzene rings is 1. The van der Waals surface area contributed by atoms with E-state index in [1.807, 2.05) is 12.1 Å². The second-order valence-corrected chi connectivity index (χ2v) is 5.35. The van der Waals surface area contributed by atoms with E-state index in [0.717, 1.165) is 18.7 Å². The van der Waals surface area contributed by atoms with E-state index in [2.05, 4.69) is 59.1 Å². The van der Waals surface area contributed by atoms with Crippen LogP contribution in [0.25, 0.3) is 0 Å². The molecule has 0 fully saturated rings. The van der Waals surface area contributed by atoms with Crippen molar-refractivity contribution < 1.29 is 4.79 Å². The number of anilines is 1. The molecule has 0 radical (unpaired) electrons. The third kappa shape index (κ3) is 3.59. The number of thiol groups is 1. The van der Waals surface area contributed by atoms with Crippen molar-refractivity contribution >= 4 is 36.1 Å². The van der Waals surface area contributed by atoms with Gasteiger partial charge in [0.25, 0.3) is 5.91 Å². The average Bonchev–Trinajstić information content (AvgIpc) is 2.53. The van der Waals surface area contributed by atoms with Crippen LogP contribution in [-0.2, 0) is 4.79 Å². The Hall–Kier alpha value is -2.02. The number of nitrogens with one attached hydrogen (secondary N) is 1. The van der Waals surface area contributed by atoms with Gasteiger partial charge in [-0.1, -0.05) is 12.1 Å². The first-order valence-corrected chi connectivity index (χ1v) is 7.78. The number of hydrogen-bond donors (Lipinski definition) is 2. The van der Waals surface area contributed by atoms with Gasteiger partial charge in [0.2, 0.25) is 0 Å². The number of rotatable bonds is 5. The van der Waals surface area contributed by atoms with Crippen molar-refractivity contribution in [2.24, 2.45) is 10.2 Å². The van der Waals surface area contributed by atoms with E-state index in [0.29, 0.717) is 5.71 Å². The second-order valence-electron chi connectivity index (χ2n) is 4.86. The minimum absolute atomic E-state index is 0.255. The van der Waals surface area contributed by atoms with Crippen molar-refractivity contribution in [3.05, 3.63) is 29.8 Å². The highest BCUT2D eigenvalue weighted by atomic mass is 32.1. The van der Waals surface area contributed by atoms with Gasteiger partial charge in [-0.2, -0.15) is 15.2 Å². The van der Waals surface area contributed by atoms with Gasteiger partial charge in [0, 0.05) is 18.8 Å². The molecule has 1 amide bonds. The van der Waals surface area contributed by atoms with Gasteiger partial charge in [0.15, 0.2) is 5.50 Å². The minimum Gasteiger partial charge on any atom is -0.372 e. The monoisotopic (exact) mass is 319 g/mol. The van der Waals surface area contributed by atoms with Crippen LogP contribution in [0.2, 0.25) is 0 Å². The third-order valence-corrected chi connectivity index (χ3v) is 3.78. The van der Waals surface area contributed by atoms with E-state index in [9.17, 15) is 4.79 Å². The molecule has 1 aromatic rings. The van der Waals surface area contributed by atoms with Crippen LogP contribution in [0.15, 0.2) is 34.5 Å². The van der Waals surface area contributed by atoms with Gasteiger partial charge in [-0.25, -0.2) is 0 Å². The molecule has 0 saturated heterocycles. The molecule has 7 heteroatoms. The van der Waals surface area contributed by atoms with Crippen molar-refractivity contribution in [3.8, 4) is 0 Å². The third-order valence-electron chi connectivity index (χ3n) is 3.45. The number of hydrazone groups is 2. The summed E-state index contributed by atoms with van der Waals surface area (Å²) in [4.78, 5) is 14.2. The van der Waals surface area contributed by atoms with E-state index in [4.69, 9.17) is 0 Å². The number of carbonyl (C=O) groups is 1. The Morgan fingerprint density at radius 1 is 1.36 bits per heavy atom. The molecule has 0 aliphatic carbocycles. The van der Waals surface area contributed by atoms with Crippen LogP contribution < -0.4 is 10.3 Å². The zero-order valence-corrected chi connectivity index (χ0v) is 13.9. The van der Waals surface area contributed by atoms with Crippen molar-refractivity contribution in [2.45, 2.75) is 26.3 Å². The maximum atomic E-state index is 12.0. The molecule has 1 N–H and O–H groups in total. The fraction of sp³-hybridized carbons (Fsp3) is 0.400. The Morgan fingerprint density at radius 2 is 2.00 bits per heavy atom. The summed E-state index contributed by atoms with van der Waals surface area (Å²) in [5, 5.41) is 9.34. The molecular formula is C15H21N5OS. The molecule has 0 spiro atoms. The van der Waals surface area contributed by atoms with E-state index >= 15 is 0 Å². The number of nitrogens with zero attached hydrogens (tertiary/aromatic N) is 4. The smallest absolute Gasteiger partial charge is 0.292 e. The summed E-state index contributed by atoms with van der Waals surface area (Å²) in [7, 11) is 0. The predicted octanol–water partition coefficient (Wildman–Crippen LogP) is 1.89. The fourth-order valence-corrected chi connectivity index (χ4v) is 2.36. The van der Waals surface area contributed by atoms with Crippen molar-refractivity contribution in [1.82, 2.24) is 10.4 Å². The number of carbonyl (C=O) groups excluding carboxylic acids is 1. The highest BCUT2D eigenvalue weighted by Crippen LogP contribution is 2.14. The summed E-state index contributed by atoms with van der Waals surface area (Å²) < 4.78 is 0. The van der Waals surface area contributed by atoms with Gasteiger partial charge in [-0.3, -0.25) is 10.2 Å². The lowest BCUT2D eigenvalue weighted by atomic mass is 10.2. The Morgan fingerprint density at radius 3 is 2.59 bits per heavy atom. The first kappa shape index (κ1) is 16.4. The standard InChI is InChI=1S/C15H21N5OS/c1-4-19(5-2)13-8-6-12(7-9-13)10-16-20-14(21)11(3)17-18-15(20)22/h6-10,15,18,22H,4-5H2,1-3H3/b16-10+. The van der Waals surface area contributed by atoms with Crippen LogP contribution >= 0.6 is 12.6 Å². The van der Waals surface area contributed by atoms with Crippen molar-refractivity contribution in [2.75, 3.05) is 18.0 Å². The molecule has 1 heterocycles. The molecule has 1 unspecified atom stereocenters. The highest BCUT2D eigenvalue weighted by molar-refractivity contribution is 7.80. The molecule has 6 nitrogen and oxygen atoms in total. The normalized spacial score (nSPS) is 18.4. The summed E-state index contributed by atoms with van der Waals surface area (Å²) in [6.45, 7) is 7.83. The van der Waals surface area contributed by atoms with Crippen molar-refractivity contribution in [1.29, 1.82) is 0 Å². The molecule has 22 heavy (non-hydrogen) atoms. The van der Waals surface area contributed by atoms with Gasteiger partial charge in [-0.05, 0) is 38.5 Å². The first-order chi connectivity index (χ1) is 10.6.